The quantitative estimate of drug-likeness (QED) is 0.254. The van der Waals surface area contributed by atoms with Crippen LogP contribution < -0.4 is 15.4 Å². The first-order chi connectivity index (χ1) is 19.1. The third-order valence-corrected chi connectivity index (χ3v) is 10.2. The van der Waals surface area contributed by atoms with Gasteiger partial charge in [-0.05, 0) is 50.3 Å². The van der Waals surface area contributed by atoms with Gasteiger partial charge in [-0.3, -0.25) is 9.71 Å². The van der Waals surface area contributed by atoms with E-state index in [1.54, 1.807) is 61.5 Å². The third kappa shape index (κ3) is 6.15. The molecule has 2 aromatic carbocycles. The lowest BCUT2D eigenvalue weighted by Crippen LogP contribution is -2.67. The Hall–Kier alpha value is -3.44. The molecule has 216 valence electrons. The number of carbonyl (C=O) groups is 2. The van der Waals surface area contributed by atoms with Gasteiger partial charge in [-0.25, -0.2) is 18.0 Å². The van der Waals surface area contributed by atoms with Crippen LogP contribution in [0.5, 0.6) is 0 Å². The summed E-state index contributed by atoms with van der Waals surface area (Å²) in [7, 11) is -3.98. The molecule has 3 amide bonds. The van der Waals surface area contributed by atoms with Crippen molar-refractivity contribution in [3.63, 3.8) is 0 Å². The molecule has 2 aliphatic heterocycles. The van der Waals surface area contributed by atoms with Gasteiger partial charge < -0.3 is 16.0 Å². The van der Waals surface area contributed by atoms with Crippen LogP contribution in [-0.4, -0.2) is 74.0 Å². The molecule has 0 aliphatic carbocycles. The van der Waals surface area contributed by atoms with E-state index >= 15 is 0 Å². The maximum Gasteiger partial charge on any atom is 0.424 e. The molecule has 2 aliphatic rings. The maximum atomic E-state index is 14.4. The maximum absolute atomic E-state index is 14.4. The fourth-order valence-corrected chi connectivity index (χ4v) is 7.81. The van der Waals surface area contributed by atoms with Crippen molar-refractivity contribution < 1.29 is 22.5 Å². The topological polar surface area (TPSA) is 137 Å². The summed E-state index contributed by atoms with van der Waals surface area (Å²) in [6.45, 7) is 5.57. The number of piperidine rings is 1. The first-order valence-corrected chi connectivity index (χ1v) is 15.6. The molecule has 40 heavy (non-hydrogen) atoms. The zero-order valence-corrected chi connectivity index (χ0v) is 24.1. The highest BCUT2D eigenvalue weighted by molar-refractivity contribution is 7.92. The van der Waals surface area contributed by atoms with Gasteiger partial charge in [0.1, 0.15) is 6.04 Å². The van der Waals surface area contributed by atoms with Crippen molar-refractivity contribution in [3.8, 4) is 0 Å². The highest BCUT2D eigenvalue weighted by Gasteiger charge is 2.55. The number of guanidine groups is 1. The van der Waals surface area contributed by atoms with Crippen LogP contribution in [-0.2, 0) is 20.6 Å². The van der Waals surface area contributed by atoms with E-state index in [2.05, 4.69) is 5.32 Å². The van der Waals surface area contributed by atoms with Crippen molar-refractivity contribution in [1.82, 2.24) is 10.2 Å². The average Bonchev–Trinajstić information content (AvgIpc) is 3.34. The third-order valence-electron chi connectivity index (χ3n) is 8.35. The van der Waals surface area contributed by atoms with E-state index in [0.717, 1.165) is 12.8 Å². The number of carbonyl (C=O) groups excluding carboxylic acids is 2. The largest absolute Gasteiger partial charge is 0.424 e. The smallest absolute Gasteiger partial charge is 0.370 e. The number of nitrogens with zero attached hydrogens (tertiary/aromatic N) is 3. The molecule has 2 heterocycles. The molecule has 0 bridgehead atoms. The van der Waals surface area contributed by atoms with Gasteiger partial charge in [0, 0.05) is 32.5 Å². The molecule has 1 unspecified atom stereocenters. The number of likely N-dealkylation sites (tertiary alicyclic amines) is 2. The van der Waals surface area contributed by atoms with E-state index in [1.165, 1.54) is 4.31 Å². The van der Waals surface area contributed by atoms with E-state index in [4.69, 9.17) is 11.1 Å². The van der Waals surface area contributed by atoms with Crippen molar-refractivity contribution in [2.45, 2.75) is 57.4 Å². The fraction of sp³-hybridized carbons (Fsp3) is 0.483. The summed E-state index contributed by atoms with van der Waals surface area (Å²) >= 11 is 0. The summed E-state index contributed by atoms with van der Waals surface area (Å²) in [5.74, 6) is -0.407. The lowest BCUT2D eigenvalue weighted by molar-refractivity contribution is -0.785. The molecule has 2 aromatic rings. The monoisotopic (exact) mass is 569 g/mol. The number of benzene rings is 2. The van der Waals surface area contributed by atoms with Gasteiger partial charge in [0.05, 0.1) is 18.0 Å². The zero-order valence-electron chi connectivity index (χ0n) is 23.3. The first-order valence-electron chi connectivity index (χ1n) is 14.0. The number of sulfonamides is 1. The molecule has 0 radical (unpaired) electrons. The summed E-state index contributed by atoms with van der Waals surface area (Å²) < 4.78 is 28.5. The van der Waals surface area contributed by atoms with Gasteiger partial charge in [-0.15, -0.1) is 0 Å². The van der Waals surface area contributed by atoms with E-state index < -0.39 is 26.5 Å². The number of quaternary nitrogens is 1. The van der Waals surface area contributed by atoms with Crippen LogP contribution in [0.25, 0.3) is 0 Å². The molecule has 2 fully saturated rings. The number of nitrogens with two attached hydrogens (primary N) is 1. The van der Waals surface area contributed by atoms with Gasteiger partial charge in [0.2, 0.25) is 10.0 Å². The van der Waals surface area contributed by atoms with E-state index in [0.29, 0.717) is 50.3 Å². The second-order valence-electron chi connectivity index (χ2n) is 11.0. The lowest BCUT2D eigenvalue weighted by atomic mass is 9.97. The number of hydrogen-bond donors (Lipinski definition) is 3. The Labute approximate surface area is 237 Å². The molecule has 4 N–H and O–H groups in total. The van der Waals surface area contributed by atoms with Crippen molar-refractivity contribution >= 4 is 33.6 Å². The number of rotatable bonds is 8. The zero-order chi connectivity index (χ0) is 28.9. The van der Waals surface area contributed by atoms with Crippen LogP contribution in [0.3, 0.4) is 0 Å². The van der Waals surface area contributed by atoms with Gasteiger partial charge in [0.25, 0.3) is 0 Å². The van der Waals surface area contributed by atoms with Crippen LogP contribution in [0.15, 0.2) is 60.7 Å². The Bertz CT molecular complexity index is 1300. The fourth-order valence-electron chi connectivity index (χ4n) is 6.04. The molecular formula is C29H41N6O4S+. The summed E-state index contributed by atoms with van der Waals surface area (Å²) in [6.07, 6.45) is 2.98. The van der Waals surface area contributed by atoms with Crippen molar-refractivity contribution in [2.24, 2.45) is 11.7 Å². The SMILES string of the molecule is C[C@@H]1CCC[N+]1(C(=O)NCC1CCN(C(=N)N)CC1)C(=O)[C@H](C)N(c1ccccc1)S(=O)(=O)Cc1ccccc1. The molecule has 0 aromatic heterocycles. The van der Waals surface area contributed by atoms with Crippen molar-refractivity contribution in [3.05, 3.63) is 66.2 Å². The number of nitrogens with one attached hydrogen (secondary N) is 2. The average molecular weight is 570 g/mol. The number of imide groups is 1. The molecule has 0 saturated carbocycles. The van der Waals surface area contributed by atoms with Gasteiger partial charge in [-0.2, -0.15) is 4.48 Å². The number of anilines is 1. The normalized spacial score (nSPS) is 22.4. The predicted molar refractivity (Wildman–Crippen MR) is 156 cm³/mol. The lowest BCUT2D eigenvalue weighted by Gasteiger charge is -2.38. The Kier molecular flexibility index (Phi) is 9.15. The number of amides is 3. The predicted octanol–water partition coefficient (Wildman–Crippen LogP) is 3.25. The summed E-state index contributed by atoms with van der Waals surface area (Å²) in [5, 5.41) is 10.7. The minimum Gasteiger partial charge on any atom is -0.370 e. The molecule has 10 nitrogen and oxygen atoms in total. The highest BCUT2D eigenvalue weighted by atomic mass is 32.2. The van der Waals surface area contributed by atoms with Crippen LogP contribution >= 0.6 is 0 Å². The molecule has 11 heteroatoms. The van der Waals surface area contributed by atoms with Gasteiger partial charge >= 0.3 is 11.9 Å². The van der Waals surface area contributed by atoms with Crippen LogP contribution in [0.4, 0.5) is 10.5 Å². The van der Waals surface area contributed by atoms with Crippen molar-refractivity contribution in [1.29, 1.82) is 5.41 Å². The summed E-state index contributed by atoms with van der Waals surface area (Å²) in [6, 6.07) is 15.8. The minimum atomic E-state index is -3.98. The second kappa shape index (κ2) is 12.4. The molecule has 2 saturated heterocycles. The standard InChI is InChI=1S/C29H40N6O4S/c1-22-10-9-19-35(22,29(37)32-20-24-15-17-33(18-16-24)28(30)31)27(36)23(2)34(26-13-7-4-8-14-26)40(38,39)21-25-11-5-3-6-12-25/h3-8,11-14,22-24H,9-10,15-21H2,1-2H3,(H3-,30,31,32,37)/p+1/t22-,23+,35?/m1/s1. The van der Waals surface area contributed by atoms with Crippen molar-refractivity contribution in [2.75, 3.05) is 30.5 Å². The Morgan fingerprint density at radius 1 is 1.07 bits per heavy atom. The van der Waals surface area contributed by atoms with Gasteiger partial charge in [-0.1, -0.05) is 48.5 Å². The van der Waals surface area contributed by atoms with Crippen LogP contribution in [0, 0.1) is 11.3 Å². The molecule has 3 atom stereocenters. The Morgan fingerprint density at radius 3 is 2.23 bits per heavy atom. The van der Waals surface area contributed by atoms with Crippen LogP contribution in [0.2, 0.25) is 0 Å². The molecular weight excluding hydrogens is 528 g/mol. The number of para-hydroxylation sites is 1. The summed E-state index contributed by atoms with van der Waals surface area (Å²) in [5.41, 5.74) is 6.62. The summed E-state index contributed by atoms with van der Waals surface area (Å²) in [4.78, 5) is 30.0. The van der Waals surface area contributed by atoms with Gasteiger partial charge in [0.15, 0.2) is 12.0 Å². The number of hydrogen-bond acceptors (Lipinski definition) is 5. The minimum absolute atomic E-state index is 0.0580. The second-order valence-corrected chi connectivity index (χ2v) is 12.8. The Balaban J connectivity index is 1.58. The number of urea groups is 1. The Morgan fingerprint density at radius 2 is 1.68 bits per heavy atom. The first kappa shape index (κ1) is 29.5. The molecule has 0 spiro atoms. The molecule has 4 rings (SSSR count). The van der Waals surface area contributed by atoms with E-state index in [1.807, 2.05) is 17.9 Å². The highest BCUT2D eigenvalue weighted by Crippen LogP contribution is 2.33. The van der Waals surface area contributed by atoms with Crippen LogP contribution in [0.1, 0.15) is 45.1 Å². The van der Waals surface area contributed by atoms with E-state index in [-0.39, 0.29) is 29.7 Å². The van der Waals surface area contributed by atoms with E-state index in [9.17, 15) is 18.0 Å².